The van der Waals surface area contributed by atoms with E-state index in [4.69, 9.17) is 0 Å². The molecule has 0 bridgehead atoms. The summed E-state index contributed by atoms with van der Waals surface area (Å²) < 4.78 is 0. The van der Waals surface area contributed by atoms with Gasteiger partial charge in [-0.05, 0) is 86.0 Å². The van der Waals surface area contributed by atoms with Crippen LogP contribution < -0.4 is 29.5 Å². The zero-order chi connectivity index (χ0) is 26.8. The summed E-state index contributed by atoms with van der Waals surface area (Å²) in [4.78, 5) is 24.4. The summed E-state index contributed by atoms with van der Waals surface area (Å²) in [6.45, 7) is 11.0. The second kappa shape index (κ2) is 21.2. The van der Waals surface area contributed by atoms with Crippen molar-refractivity contribution in [2.45, 2.75) is 78.7 Å². The van der Waals surface area contributed by atoms with E-state index in [0.29, 0.717) is 17.7 Å². The first-order valence-electron chi connectivity index (χ1n) is 13.3. The van der Waals surface area contributed by atoms with Crippen LogP contribution in [0.5, 0.6) is 0 Å². The van der Waals surface area contributed by atoms with Crippen molar-refractivity contribution in [3.8, 4) is 11.1 Å². The minimum Gasteiger partial charge on any atom is -1.00 e. The number of thioether (sulfide) groups is 1. The van der Waals surface area contributed by atoms with Gasteiger partial charge in [-0.25, -0.2) is 4.79 Å². The predicted molar refractivity (Wildman–Crippen MR) is 156 cm³/mol. The summed E-state index contributed by atoms with van der Waals surface area (Å²) in [7, 11) is 0. The van der Waals surface area contributed by atoms with Crippen molar-refractivity contribution in [2.24, 2.45) is 0 Å². The van der Waals surface area contributed by atoms with Crippen molar-refractivity contribution in [3.63, 3.8) is 0 Å². The van der Waals surface area contributed by atoms with E-state index in [1.165, 1.54) is 44.3 Å². The number of hydrogen-bond donors (Lipinski definition) is 3. The smallest absolute Gasteiger partial charge is 1.00 e. The number of hydrogen-bond acceptors (Lipinski definition) is 4. The quantitative estimate of drug-likeness (QED) is 0.245. The van der Waals surface area contributed by atoms with Gasteiger partial charge < -0.3 is 17.2 Å². The number of amides is 1. The average Bonchev–Trinajstić information content (AvgIpc) is 2.87. The normalized spacial score (nSPS) is 11.1. The predicted octanol–water partition coefficient (Wildman–Crippen LogP) is 3.84. The van der Waals surface area contributed by atoms with Crippen molar-refractivity contribution >= 4 is 23.6 Å². The summed E-state index contributed by atoms with van der Waals surface area (Å²) in [6.07, 6.45) is 9.53. The molecule has 0 spiro atoms. The first-order chi connectivity index (χ1) is 17.4. The van der Waals surface area contributed by atoms with Gasteiger partial charge in [0.15, 0.2) is 0 Å². The Balaban J connectivity index is 0. The minimum absolute atomic E-state index is 0. The number of benzene rings is 2. The topological polar surface area (TPSA) is 78.4 Å². The average molecular weight is 523 g/mol. The molecule has 2 rings (SSSR count). The van der Waals surface area contributed by atoms with Crippen LogP contribution in [0, 0.1) is 6.92 Å². The second-order valence-corrected chi connectivity index (χ2v) is 10.0. The molecule has 1 atom stereocenters. The van der Waals surface area contributed by atoms with Gasteiger partial charge in [0, 0.05) is 5.56 Å². The molecule has 0 radical (unpaired) electrons. The molecule has 202 valence electrons. The molecule has 0 aromatic heterocycles. The van der Waals surface area contributed by atoms with E-state index in [2.05, 4.69) is 37.5 Å². The van der Waals surface area contributed by atoms with Crippen LogP contribution >= 0.6 is 11.8 Å². The number of carbonyl (C=O) groups is 2. The zero-order valence-corrected chi connectivity index (χ0v) is 24.7. The number of carboxylic acids is 1. The summed E-state index contributed by atoms with van der Waals surface area (Å²) >= 11 is 1.57. The molecule has 1 amide bonds. The van der Waals surface area contributed by atoms with Crippen LogP contribution in [0.3, 0.4) is 0 Å². The first-order valence-corrected chi connectivity index (χ1v) is 14.7. The summed E-state index contributed by atoms with van der Waals surface area (Å²) in [5, 5.41) is 15.5. The van der Waals surface area contributed by atoms with E-state index in [0.717, 1.165) is 29.5 Å². The standard InChI is InChI=1S/C22H27NO3S.C8H19N.Li.H/c1-4-7-16-10-11-18(19(14-16)17-9-6-5-8-15(17)2)21(24)23-20(22(25)26)12-13-27-3;1-3-5-7-9-8-6-4-2;;/h5-6,8-11,14,20H,4,7,12-13H2,1-3H3,(H,23,24)(H,25,26);9H,3-8H2,1-2H3;;/q;;+1;-1. The Morgan fingerprint density at radius 2 is 1.62 bits per heavy atom. The number of aryl methyl sites for hydroxylation is 2. The molecule has 0 aliphatic heterocycles. The van der Waals surface area contributed by atoms with Crippen LogP contribution in [0.15, 0.2) is 42.5 Å². The van der Waals surface area contributed by atoms with Gasteiger partial charge in [-0.2, -0.15) is 11.8 Å². The van der Waals surface area contributed by atoms with Crippen LogP contribution in [0.4, 0.5) is 0 Å². The van der Waals surface area contributed by atoms with Gasteiger partial charge in [0.05, 0.1) is 0 Å². The maximum Gasteiger partial charge on any atom is 1.00 e. The van der Waals surface area contributed by atoms with E-state index < -0.39 is 12.0 Å². The van der Waals surface area contributed by atoms with Gasteiger partial charge in [0.2, 0.25) is 0 Å². The molecule has 0 saturated carbocycles. The Bertz CT molecular complexity index is 924. The van der Waals surface area contributed by atoms with Crippen LogP contribution in [0.25, 0.3) is 11.1 Å². The summed E-state index contributed by atoms with van der Waals surface area (Å²) in [5.41, 5.74) is 4.61. The Morgan fingerprint density at radius 1 is 0.973 bits per heavy atom. The van der Waals surface area contributed by atoms with E-state index >= 15 is 0 Å². The third kappa shape index (κ3) is 13.6. The molecule has 7 heteroatoms. The van der Waals surface area contributed by atoms with Gasteiger partial charge in [0.25, 0.3) is 5.91 Å². The largest absolute Gasteiger partial charge is 1.00 e. The molecule has 37 heavy (non-hydrogen) atoms. The maximum atomic E-state index is 12.9. The third-order valence-electron chi connectivity index (χ3n) is 5.93. The molecule has 2 aromatic rings. The van der Waals surface area contributed by atoms with Gasteiger partial charge in [0.1, 0.15) is 6.04 Å². The molecule has 1 unspecified atom stereocenters. The van der Waals surface area contributed by atoms with Crippen molar-refractivity contribution < 1.29 is 35.0 Å². The maximum absolute atomic E-state index is 12.9. The van der Waals surface area contributed by atoms with Crippen molar-refractivity contribution in [2.75, 3.05) is 25.1 Å². The first kappa shape index (κ1) is 35.3. The van der Waals surface area contributed by atoms with Gasteiger partial charge in [-0.15, -0.1) is 0 Å². The fourth-order valence-corrected chi connectivity index (χ4v) is 4.26. The monoisotopic (exact) mass is 522 g/mol. The summed E-state index contributed by atoms with van der Waals surface area (Å²) in [5.74, 6) is -0.667. The van der Waals surface area contributed by atoms with E-state index in [9.17, 15) is 14.7 Å². The number of nitrogens with one attached hydrogen (secondary N) is 2. The zero-order valence-electron chi connectivity index (χ0n) is 24.9. The number of unbranched alkanes of at least 4 members (excludes halogenated alkanes) is 2. The second-order valence-electron chi connectivity index (χ2n) is 9.05. The Kier molecular flexibility index (Phi) is 20.3. The molecular weight excluding hydrogens is 475 g/mol. The van der Waals surface area contributed by atoms with Crippen LogP contribution in [-0.2, 0) is 11.2 Å². The van der Waals surface area contributed by atoms with Crippen LogP contribution in [-0.4, -0.2) is 48.1 Å². The van der Waals surface area contributed by atoms with Gasteiger partial charge in [-0.3, -0.25) is 4.79 Å². The Hall–Kier alpha value is -1.71. The van der Waals surface area contributed by atoms with Crippen molar-refractivity contribution in [1.82, 2.24) is 10.6 Å². The molecule has 0 heterocycles. The molecule has 0 fully saturated rings. The van der Waals surface area contributed by atoms with E-state index in [1.54, 1.807) is 11.8 Å². The molecule has 5 nitrogen and oxygen atoms in total. The molecule has 2 aromatic carbocycles. The number of carbonyl (C=O) groups excluding carboxylic acids is 1. The van der Waals surface area contributed by atoms with E-state index in [1.807, 2.05) is 49.6 Å². The van der Waals surface area contributed by atoms with Gasteiger partial charge >= 0.3 is 24.8 Å². The van der Waals surface area contributed by atoms with Crippen molar-refractivity contribution in [3.05, 3.63) is 59.2 Å². The third-order valence-corrected chi connectivity index (χ3v) is 6.57. The molecular formula is C30H47LiN2O3S. The minimum atomic E-state index is -1.00. The Labute approximate surface area is 242 Å². The molecule has 0 aliphatic rings. The van der Waals surface area contributed by atoms with Gasteiger partial charge in [-0.1, -0.05) is 76.4 Å². The fraction of sp³-hybridized carbons (Fsp3) is 0.533. The number of rotatable bonds is 15. The van der Waals surface area contributed by atoms with Crippen LogP contribution in [0.2, 0.25) is 0 Å². The number of aliphatic carboxylic acids is 1. The molecule has 3 N–H and O–H groups in total. The van der Waals surface area contributed by atoms with Crippen molar-refractivity contribution in [1.29, 1.82) is 0 Å². The number of carboxylic acid groups (broad SMARTS) is 1. The SMILES string of the molecule is CCCCNCCCC.CCCc1ccc(C(=O)NC(CCSC)C(=O)O)c(-c2ccccc2C)c1.[H-].[Li+]. The fourth-order valence-electron chi connectivity index (χ4n) is 3.79. The molecule has 0 saturated heterocycles. The molecule has 0 aliphatic carbocycles. The summed E-state index contributed by atoms with van der Waals surface area (Å²) in [6, 6.07) is 12.9. The van der Waals surface area contributed by atoms with Crippen LogP contribution in [0.1, 0.15) is 82.2 Å². The van der Waals surface area contributed by atoms with E-state index in [-0.39, 0.29) is 26.2 Å². The Morgan fingerprint density at radius 3 is 2.16 bits per heavy atom.